The van der Waals surface area contributed by atoms with Crippen LogP contribution in [0.1, 0.15) is 18.2 Å². The Morgan fingerprint density at radius 2 is 2.22 bits per heavy atom. The molecule has 0 spiro atoms. The number of carboxylic acid groups (broad SMARTS) is 1. The Bertz CT molecular complexity index is 523. The third-order valence-corrected chi connectivity index (χ3v) is 3.61. The Morgan fingerprint density at radius 3 is 2.72 bits per heavy atom. The van der Waals surface area contributed by atoms with Crippen LogP contribution in [0.5, 0.6) is 0 Å². The maximum atomic E-state index is 10.9. The molecule has 1 atom stereocenters. The van der Waals surface area contributed by atoms with E-state index in [1.54, 1.807) is 25.6 Å². The number of aromatic nitrogens is 2. The van der Waals surface area contributed by atoms with Gasteiger partial charge < -0.3 is 10.0 Å². The highest BCUT2D eigenvalue weighted by molar-refractivity contribution is 5.71. The summed E-state index contributed by atoms with van der Waals surface area (Å²) in [7, 11) is 1.80. The van der Waals surface area contributed by atoms with Gasteiger partial charge in [0.2, 0.25) is 0 Å². The van der Waals surface area contributed by atoms with Crippen molar-refractivity contribution in [2.24, 2.45) is 18.9 Å². The highest BCUT2D eigenvalue weighted by Crippen LogP contribution is 2.32. The van der Waals surface area contributed by atoms with E-state index in [9.17, 15) is 4.79 Å². The monoisotopic (exact) mass is 248 g/mol. The number of aliphatic carboxylic acids is 1. The summed E-state index contributed by atoms with van der Waals surface area (Å²) in [5, 5.41) is 22.3. The minimum absolute atomic E-state index is 0.143. The molecule has 1 aromatic rings. The second-order valence-corrected chi connectivity index (χ2v) is 4.81. The van der Waals surface area contributed by atoms with Crippen LogP contribution in [0.15, 0.2) is 0 Å². The summed E-state index contributed by atoms with van der Waals surface area (Å²) in [6.45, 7) is 4.87. The molecular weight excluding hydrogens is 232 g/mol. The normalized spacial score (nSPS) is 17.1. The van der Waals surface area contributed by atoms with E-state index in [-0.39, 0.29) is 11.8 Å². The third-order valence-electron chi connectivity index (χ3n) is 3.61. The molecule has 1 unspecified atom stereocenters. The molecule has 1 aromatic heterocycles. The van der Waals surface area contributed by atoms with Gasteiger partial charge in [-0.15, -0.1) is 0 Å². The number of hydrogen-bond donors (Lipinski definition) is 1. The molecule has 0 amide bonds. The van der Waals surface area contributed by atoms with Gasteiger partial charge in [-0.2, -0.15) is 10.4 Å². The van der Waals surface area contributed by atoms with Gasteiger partial charge >= 0.3 is 5.97 Å². The molecule has 0 saturated carbocycles. The highest BCUT2D eigenvalue weighted by Gasteiger charge is 2.37. The van der Waals surface area contributed by atoms with Crippen molar-refractivity contribution in [1.29, 1.82) is 5.26 Å². The van der Waals surface area contributed by atoms with Gasteiger partial charge in [-0.3, -0.25) is 9.48 Å². The number of nitriles is 1. The van der Waals surface area contributed by atoms with Crippen LogP contribution in [0.3, 0.4) is 0 Å². The minimum Gasteiger partial charge on any atom is -0.481 e. The van der Waals surface area contributed by atoms with E-state index in [1.807, 2.05) is 4.90 Å². The van der Waals surface area contributed by atoms with Crippen molar-refractivity contribution in [3.05, 3.63) is 11.3 Å². The molecule has 1 aliphatic heterocycles. The molecule has 1 fully saturated rings. The lowest BCUT2D eigenvalue weighted by Gasteiger charge is -2.42. The second-order valence-electron chi connectivity index (χ2n) is 4.81. The van der Waals surface area contributed by atoms with Crippen LogP contribution in [0.4, 0.5) is 5.82 Å². The van der Waals surface area contributed by atoms with Gasteiger partial charge in [0.1, 0.15) is 17.5 Å². The van der Waals surface area contributed by atoms with Crippen LogP contribution in [-0.2, 0) is 11.8 Å². The Labute approximate surface area is 105 Å². The van der Waals surface area contributed by atoms with Crippen LogP contribution in [0.2, 0.25) is 0 Å². The summed E-state index contributed by atoms with van der Waals surface area (Å²) in [6.07, 6.45) is 0. The zero-order chi connectivity index (χ0) is 13.4. The molecular formula is C12H16N4O2. The molecule has 1 N–H and O–H groups in total. The van der Waals surface area contributed by atoms with Crippen molar-refractivity contribution in [3.63, 3.8) is 0 Å². The first-order chi connectivity index (χ1) is 8.45. The number of carboxylic acids is 1. The van der Waals surface area contributed by atoms with Crippen LogP contribution in [0.25, 0.3) is 0 Å². The van der Waals surface area contributed by atoms with Crippen molar-refractivity contribution in [2.45, 2.75) is 13.8 Å². The standard InChI is InChI=1S/C12H16N4O2/c1-7(12(17)18)9-5-16(6-9)11-10(4-13)8(2)14-15(11)3/h7,9H,5-6H2,1-3H3,(H,17,18). The molecule has 0 aromatic carbocycles. The van der Waals surface area contributed by atoms with Crippen molar-refractivity contribution >= 4 is 11.8 Å². The van der Waals surface area contributed by atoms with E-state index < -0.39 is 5.97 Å². The van der Waals surface area contributed by atoms with Gasteiger partial charge in [-0.1, -0.05) is 6.92 Å². The van der Waals surface area contributed by atoms with Gasteiger partial charge in [0.15, 0.2) is 0 Å². The number of anilines is 1. The summed E-state index contributed by atoms with van der Waals surface area (Å²) in [5.41, 5.74) is 1.30. The topological polar surface area (TPSA) is 82.2 Å². The highest BCUT2D eigenvalue weighted by atomic mass is 16.4. The van der Waals surface area contributed by atoms with E-state index in [1.165, 1.54) is 0 Å². The first-order valence-electron chi connectivity index (χ1n) is 5.87. The Kier molecular flexibility index (Phi) is 2.99. The van der Waals surface area contributed by atoms with E-state index in [4.69, 9.17) is 10.4 Å². The number of rotatable bonds is 3. The third kappa shape index (κ3) is 1.82. The lowest BCUT2D eigenvalue weighted by Crippen LogP contribution is -2.52. The van der Waals surface area contributed by atoms with Crippen LogP contribution in [0, 0.1) is 30.1 Å². The number of nitrogens with zero attached hydrogens (tertiary/aromatic N) is 4. The second kappa shape index (κ2) is 4.33. The molecule has 0 bridgehead atoms. The van der Waals surface area contributed by atoms with Gasteiger partial charge in [0.25, 0.3) is 0 Å². The zero-order valence-corrected chi connectivity index (χ0v) is 10.7. The van der Waals surface area contributed by atoms with E-state index in [0.717, 1.165) is 5.82 Å². The van der Waals surface area contributed by atoms with Gasteiger partial charge in [-0.25, -0.2) is 0 Å². The van der Waals surface area contributed by atoms with Crippen molar-refractivity contribution in [2.75, 3.05) is 18.0 Å². The maximum absolute atomic E-state index is 10.9. The fourth-order valence-corrected chi connectivity index (χ4v) is 2.34. The first-order valence-corrected chi connectivity index (χ1v) is 5.87. The fourth-order valence-electron chi connectivity index (χ4n) is 2.34. The molecule has 0 aliphatic carbocycles. The molecule has 1 saturated heterocycles. The quantitative estimate of drug-likeness (QED) is 0.853. The molecule has 2 rings (SSSR count). The van der Waals surface area contributed by atoms with Crippen LogP contribution >= 0.6 is 0 Å². The summed E-state index contributed by atoms with van der Waals surface area (Å²) in [4.78, 5) is 12.9. The van der Waals surface area contributed by atoms with Gasteiger partial charge in [0.05, 0.1) is 11.6 Å². The van der Waals surface area contributed by atoms with E-state index >= 15 is 0 Å². The van der Waals surface area contributed by atoms with Gasteiger partial charge in [-0.05, 0) is 6.92 Å². The lowest BCUT2D eigenvalue weighted by atomic mass is 9.87. The van der Waals surface area contributed by atoms with Crippen LogP contribution in [-0.4, -0.2) is 33.9 Å². The fraction of sp³-hybridized carbons (Fsp3) is 0.583. The molecule has 2 heterocycles. The zero-order valence-electron chi connectivity index (χ0n) is 10.7. The minimum atomic E-state index is -0.763. The molecule has 0 radical (unpaired) electrons. The maximum Gasteiger partial charge on any atom is 0.306 e. The molecule has 1 aliphatic rings. The van der Waals surface area contributed by atoms with Crippen molar-refractivity contribution < 1.29 is 9.90 Å². The Hall–Kier alpha value is -2.03. The summed E-state index contributed by atoms with van der Waals surface area (Å²) in [5.74, 6) is -0.171. The van der Waals surface area contributed by atoms with Gasteiger partial charge in [0, 0.05) is 26.1 Å². The average Bonchev–Trinajstić information content (AvgIpc) is 2.51. The Morgan fingerprint density at radius 1 is 1.61 bits per heavy atom. The molecule has 96 valence electrons. The smallest absolute Gasteiger partial charge is 0.306 e. The summed E-state index contributed by atoms with van der Waals surface area (Å²) < 4.78 is 1.69. The number of carbonyl (C=O) groups is 1. The largest absolute Gasteiger partial charge is 0.481 e. The van der Waals surface area contributed by atoms with Crippen molar-refractivity contribution in [3.8, 4) is 6.07 Å². The summed E-state index contributed by atoms with van der Waals surface area (Å²) in [6, 6.07) is 2.16. The molecule has 6 heteroatoms. The summed E-state index contributed by atoms with van der Waals surface area (Å²) >= 11 is 0. The number of hydrogen-bond acceptors (Lipinski definition) is 4. The Balaban J connectivity index is 2.14. The van der Waals surface area contributed by atoms with E-state index in [0.29, 0.717) is 24.3 Å². The molecule has 6 nitrogen and oxygen atoms in total. The predicted molar refractivity (Wildman–Crippen MR) is 65.2 cm³/mol. The first kappa shape index (κ1) is 12.4. The van der Waals surface area contributed by atoms with Crippen LogP contribution < -0.4 is 4.90 Å². The van der Waals surface area contributed by atoms with E-state index in [2.05, 4.69) is 11.2 Å². The lowest BCUT2D eigenvalue weighted by molar-refractivity contribution is -0.143. The average molecular weight is 248 g/mol. The predicted octanol–water partition coefficient (Wildman–Crippen LogP) is 0.757. The SMILES string of the molecule is Cc1nn(C)c(N2CC(C(C)C(=O)O)C2)c1C#N. The molecule has 18 heavy (non-hydrogen) atoms. The van der Waals surface area contributed by atoms with Crippen molar-refractivity contribution in [1.82, 2.24) is 9.78 Å². The number of aryl methyl sites for hydroxylation is 2.